The first-order valence-corrected chi connectivity index (χ1v) is 5.80. The highest BCUT2D eigenvalue weighted by Gasteiger charge is 2.20. The highest BCUT2D eigenvalue weighted by Crippen LogP contribution is 2.31. The molecule has 1 heterocycles. The first-order valence-electron chi connectivity index (χ1n) is 5.42. The quantitative estimate of drug-likeness (QED) is 0.756. The van der Waals surface area contributed by atoms with Crippen molar-refractivity contribution in [2.75, 3.05) is 0 Å². The van der Waals surface area contributed by atoms with Gasteiger partial charge in [0.25, 0.3) is 0 Å². The summed E-state index contributed by atoms with van der Waals surface area (Å²) < 4.78 is 2.13. The van der Waals surface area contributed by atoms with Crippen molar-refractivity contribution < 1.29 is 0 Å². The van der Waals surface area contributed by atoms with E-state index in [1.165, 1.54) is 32.1 Å². The van der Waals surface area contributed by atoms with E-state index in [1.54, 1.807) is 0 Å². The molecule has 0 radical (unpaired) electrons. The van der Waals surface area contributed by atoms with Crippen molar-refractivity contribution in [2.24, 2.45) is 0 Å². The van der Waals surface area contributed by atoms with Crippen LogP contribution in [0.2, 0.25) is 5.28 Å². The minimum absolute atomic E-state index is 0.543. The van der Waals surface area contributed by atoms with Crippen LogP contribution in [-0.2, 0) is 6.42 Å². The van der Waals surface area contributed by atoms with Crippen molar-refractivity contribution in [1.82, 2.24) is 14.8 Å². The Balaban J connectivity index is 2.23. The second kappa shape index (κ2) is 4.30. The Morgan fingerprint density at radius 3 is 2.64 bits per heavy atom. The fourth-order valence-electron chi connectivity index (χ4n) is 2.24. The standard InChI is InChI=1S/C10H16ClN3/c1-2-9-12-13-10(11)14(9)8-6-4-3-5-7-8/h8H,2-7H2,1H3. The number of nitrogens with zero attached hydrogens (tertiary/aromatic N) is 3. The van der Waals surface area contributed by atoms with Crippen molar-refractivity contribution >= 4 is 11.6 Å². The summed E-state index contributed by atoms with van der Waals surface area (Å²) in [5.41, 5.74) is 0. The second-order valence-corrected chi connectivity index (χ2v) is 4.24. The van der Waals surface area contributed by atoms with Gasteiger partial charge in [-0.3, -0.25) is 4.57 Å². The van der Waals surface area contributed by atoms with Gasteiger partial charge in [0.2, 0.25) is 5.28 Å². The van der Waals surface area contributed by atoms with E-state index in [0.29, 0.717) is 11.3 Å². The molecule has 1 aromatic heterocycles. The fraction of sp³-hybridized carbons (Fsp3) is 0.800. The summed E-state index contributed by atoms with van der Waals surface area (Å²) in [6.45, 7) is 2.10. The van der Waals surface area contributed by atoms with Gasteiger partial charge in [-0.1, -0.05) is 26.2 Å². The summed E-state index contributed by atoms with van der Waals surface area (Å²) in [5, 5.41) is 8.60. The Kier molecular flexibility index (Phi) is 3.06. The van der Waals surface area contributed by atoms with Gasteiger partial charge in [0.1, 0.15) is 5.82 Å². The molecular formula is C10H16ClN3. The lowest BCUT2D eigenvalue weighted by Crippen LogP contribution is -2.15. The highest BCUT2D eigenvalue weighted by molar-refractivity contribution is 6.28. The lowest BCUT2D eigenvalue weighted by molar-refractivity contribution is 0.346. The van der Waals surface area contributed by atoms with Gasteiger partial charge in [-0.05, 0) is 24.4 Å². The van der Waals surface area contributed by atoms with Crippen LogP contribution in [0, 0.1) is 0 Å². The Morgan fingerprint density at radius 1 is 1.29 bits per heavy atom. The van der Waals surface area contributed by atoms with Gasteiger partial charge in [0, 0.05) is 12.5 Å². The molecule has 1 saturated carbocycles. The van der Waals surface area contributed by atoms with Crippen molar-refractivity contribution in [3.8, 4) is 0 Å². The van der Waals surface area contributed by atoms with E-state index in [2.05, 4.69) is 21.7 Å². The van der Waals surface area contributed by atoms with Crippen molar-refractivity contribution in [1.29, 1.82) is 0 Å². The Hall–Kier alpha value is -0.570. The fourth-order valence-corrected chi connectivity index (χ4v) is 2.52. The molecule has 1 aliphatic rings. The normalized spacial score (nSPS) is 18.7. The minimum Gasteiger partial charge on any atom is -0.299 e. The molecule has 14 heavy (non-hydrogen) atoms. The largest absolute Gasteiger partial charge is 0.299 e. The summed E-state index contributed by atoms with van der Waals surface area (Å²) >= 11 is 6.05. The predicted octanol–water partition coefficient (Wildman–Crippen LogP) is 3.00. The number of hydrogen-bond donors (Lipinski definition) is 0. The van der Waals surface area contributed by atoms with Gasteiger partial charge in [-0.2, -0.15) is 0 Å². The van der Waals surface area contributed by atoms with E-state index in [0.717, 1.165) is 12.2 Å². The van der Waals surface area contributed by atoms with Gasteiger partial charge in [0.15, 0.2) is 0 Å². The van der Waals surface area contributed by atoms with Crippen LogP contribution in [0.4, 0.5) is 0 Å². The van der Waals surface area contributed by atoms with E-state index in [4.69, 9.17) is 11.6 Å². The summed E-state index contributed by atoms with van der Waals surface area (Å²) in [6.07, 6.45) is 7.34. The summed E-state index contributed by atoms with van der Waals surface area (Å²) in [4.78, 5) is 0. The van der Waals surface area contributed by atoms with E-state index >= 15 is 0 Å². The third kappa shape index (κ3) is 1.78. The maximum Gasteiger partial charge on any atom is 0.225 e. The highest BCUT2D eigenvalue weighted by atomic mass is 35.5. The summed E-state index contributed by atoms with van der Waals surface area (Å²) in [7, 11) is 0. The molecule has 4 heteroatoms. The molecule has 0 N–H and O–H groups in total. The van der Waals surface area contributed by atoms with Crippen molar-refractivity contribution in [3.63, 3.8) is 0 Å². The minimum atomic E-state index is 0.543. The summed E-state index contributed by atoms with van der Waals surface area (Å²) in [6, 6.07) is 0.543. The van der Waals surface area contributed by atoms with Crippen LogP contribution in [0.15, 0.2) is 0 Å². The summed E-state index contributed by atoms with van der Waals surface area (Å²) in [5.74, 6) is 1.03. The smallest absolute Gasteiger partial charge is 0.225 e. The first kappa shape index (κ1) is 9.97. The molecule has 0 atom stereocenters. The Morgan fingerprint density at radius 2 is 2.00 bits per heavy atom. The molecule has 0 amide bonds. The van der Waals surface area contributed by atoms with E-state index in [-0.39, 0.29) is 0 Å². The molecule has 78 valence electrons. The number of aromatic nitrogens is 3. The van der Waals surface area contributed by atoms with Crippen LogP contribution in [0.5, 0.6) is 0 Å². The zero-order valence-electron chi connectivity index (χ0n) is 8.54. The number of rotatable bonds is 2. The maximum absolute atomic E-state index is 6.05. The second-order valence-electron chi connectivity index (χ2n) is 3.90. The number of aryl methyl sites for hydroxylation is 1. The molecule has 1 fully saturated rings. The van der Waals surface area contributed by atoms with Gasteiger partial charge in [0.05, 0.1) is 0 Å². The Labute approximate surface area is 89.5 Å². The molecule has 3 nitrogen and oxygen atoms in total. The Bertz CT molecular complexity index is 302. The maximum atomic E-state index is 6.05. The van der Waals surface area contributed by atoms with Gasteiger partial charge < -0.3 is 0 Å². The topological polar surface area (TPSA) is 30.7 Å². The molecule has 1 aliphatic carbocycles. The van der Waals surface area contributed by atoms with E-state index in [1.807, 2.05) is 0 Å². The van der Waals surface area contributed by atoms with Crippen LogP contribution in [0.1, 0.15) is 50.9 Å². The molecule has 0 saturated heterocycles. The lowest BCUT2D eigenvalue weighted by atomic mass is 9.95. The number of hydrogen-bond acceptors (Lipinski definition) is 2. The van der Waals surface area contributed by atoms with Gasteiger partial charge in [-0.15, -0.1) is 10.2 Å². The molecule has 0 spiro atoms. The van der Waals surface area contributed by atoms with Gasteiger partial charge >= 0.3 is 0 Å². The van der Waals surface area contributed by atoms with Gasteiger partial charge in [-0.25, -0.2) is 0 Å². The van der Waals surface area contributed by atoms with E-state index in [9.17, 15) is 0 Å². The first-order chi connectivity index (χ1) is 6.83. The predicted molar refractivity (Wildman–Crippen MR) is 56.5 cm³/mol. The molecule has 1 aromatic rings. The van der Waals surface area contributed by atoms with Crippen LogP contribution in [0.25, 0.3) is 0 Å². The van der Waals surface area contributed by atoms with Crippen molar-refractivity contribution in [2.45, 2.75) is 51.5 Å². The van der Waals surface area contributed by atoms with Crippen LogP contribution >= 0.6 is 11.6 Å². The van der Waals surface area contributed by atoms with Crippen LogP contribution in [-0.4, -0.2) is 14.8 Å². The monoisotopic (exact) mass is 213 g/mol. The molecule has 0 unspecified atom stereocenters. The SMILES string of the molecule is CCc1nnc(Cl)n1C1CCCCC1. The average molecular weight is 214 g/mol. The van der Waals surface area contributed by atoms with Crippen molar-refractivity contribution in [3.05, 3.63) is 11.1 Å². The van der Waals surface area contributed by atoms with Crippen LogP contribution in [0.3, 0.4) is 0 Å². The van der Waals surface area contributed by atoms with E-state index < -0.39 is 0 Å². The molecule has 0 aromatic carbocycles. The zero-order chi connectivity index (χ0) is 9.97. The molecule has 0 aliphatic heterocycles. The molecular weight excluding hydrogens is 198 g/mol. The third-order valence-corrected chi connectivity index (χ3v) is 3.24. The molecule has 2 rings (SSSR count). The third-order valence-electron chi connectivity index (χ3n) is 2.98. The van der Waals surface area contributed by atoms with Crippen LogP contribution < -0.4 is 0 Å². The number of halogens is 1. The molecule has 0 bridgehead atoms. The zero-order valence-corrected chi connectivity index (χ0v) is 9.30. The average Bonchev–Trinajstić information content (AvgIpc) is 2.61. The lowest BCUT2D eigenvalue weighted by Gasteiger charge is -2.24.